The van der Waals surface area contributed by atoms with Crippen LogP contribution in [0.4, 0.5) is 5.69 Å². The van der Waals surface area contributed by atoms with E-state index in [1.165, 1.54) is 17.7 Å². The van der Waals surface area contributed by atoms with Gasteiger partial charge in [-0.05, 0) is 63.1 Å². The number of carbonyl (C=O) groups excluding carboxylic acids is 2. The van der Waals surface area contributed by atoms with E-state index in [9.17, 15) is 9.59 Å². The number of anilines is 1. The van der Waals surface area contributed by atoms with Gasteiger partial charge in [0, 0.05) is 24.8 Å². The van der Waals surface area contributed by atoms with Crippen molar-refractivity contribution in [2.24, 2.45) is 5.92 Å². The number of hydrogen-bond donors (Lipinski definition) is 1. The van der Waals surface area contributed by atoms with Crippen LogP contribution in [-0.4, -0.2) is 36.6 Å². The third kappa shape index (κ3) is 3.83. The molecule has 1 saturated carbocycles. The van der Waals surface area contributed by atoms with Crippen molar-refractivity contribution in [3.8, 4) is 0 Å². The summed E-state index contributed by atoms with van der Waals surface area (Å²) >= 11 is 0. The summed E-state index contributed by atoms with van der Waals surface area (Å²) in [6.45, 7) is 4.00. The maximum atomic E-state index is 13.0. The average Bonchev–Trinajstić information content (AvgIpc) is 2.98. The van der Waals surface area contributed by atoms with Gasteiger partial charge in [-0.1, -0.05) is 18.6 Å². The number of nitrogens with one attached hydrogen (secondary N) is 1. The van der Waals surface area contributed by atoms with Crippen molar-refractivity contribution in [3.63, 3.8) is 0 Å². The first-order chi connectivity index (χ1) is 13.1. The second-order valence-corrected chi connectivity index (χ2v) is 8.47. The average molecular weight is 370 g/mol. The lowest BCUT2D eigenvalue weighted by atomic mass is 9.75. The van der Waals surface area contributed by atoms with Crippen molar-refractivity contribution < 1.29 is 14.3 Å². The zero-order valence-electron chi connectivity index (χ0n) is 16.2. The van der Waals surface area contributed by atoms with Crippen LogP contribution in [0.25, 0.3) is 0 Å². The van der Waals surface area contributed by atoms with Crippen LogP contribution < -0.4 is 10.2 Å². The van der Waals surface area contributed by atoms with Crippen LogP contribution in [0.3, 0.4) is 0 Å². The molecular weight excluding hydrogens is 340 g/mol. The summed E-state index contributed by atoms with van der Waals surface area (Å²) in [7, 11) is 0. The van der Waals surface area contributed by atoms with Crippen LogP contribution >= 0.6 is 0 Å². The standard InChI is InChI=1S/C22H30N2O3/c1-16-6-5-7-18(14-16)24-12-8-17(9-13-24)23-21(26)19-15-20(25)27-22(19)10-3-2-4-11-22/h5-7,14,17,19H,2-4,8-13,15H2,1H3,(H,23,26)/t19-/m1/s1. The lowest BCUT2D eigenvalue weighted by Gasteiger charge is -2.38. The number of esters is 1. The van der Waals surface area contributed by atoms with E-state index in [-0.39, 0.29) is 30.3 Å². The lowest BCUT2D eigenvalue weighted by molar-refractivity contribution is -0.153. The van der Waals surface area contributed by atoms with Gasteiger partial charge in [-0.3, -0.25) is 9.59 Å². The van der Waals surface area contributed by atoms with E-state index in [0.29, 0.717) is 0 Å². The Bertz CT molecular complexity index is 703. The first-order valence-corrected chi connectivity index (χ1v) is 10.4. The Kier molecular flexibility index (Phi) is 5.11. The van der Waals surface area contributed by atoms with Crippen molar-refractivity contribution in [2.45, 2.75) is 69.9 Å². The molecule has 0 bridgehead atoms. The quantitative estimate of drug-likeness (QED) is 0.829. The van der Waals surface area contributed by atoms with Gasteiger partial charge in [-0.15, -0.1) is 0 Å². The number of aryl methyl sites for hydroxylation is 1. The predicted molar refractivity (Wildman–Crippen MR) is 105 cm³/mol. The van der Waals surface area contributed by atoms with E-state index in [2.05, 4.69) is 41.4 Å². The first-order valence-electron chi connectivity index (χ1n) is 10.4. The van der Waals surface area contributed by atoms with Crippen LogP contribution in [-0.2, 0) is 14.3 Å². The molecule has 3 fully saturated rings. The van der Waals surface area contributed by atoms with Gasteiger partial charge in [0.05, 0.1) is 12.3 Å². The fourth-order valence-electron chi connectivity index (χ4n) is 5.03. The Morgan fingerprint density at radius 1 is 1.19 bits per heavy atom. The third-order valence-corrected chi connectivity index (χ3v) is 6.55. The number of hydrogen-bond acceptors (Lipinski definition) is 4. The highest BCUT2D eigenvalue weighted by atomic mass is 16.6. The molecule has 1 atom stereocenters. The summed E-state index contributed by atoms with van der Waals surface area (Å²) in [5.41, 5.74) is 2.00. The van der Waals surface area contributed by atoms with E-state index in [0.717, 1.165) is 51.6 Å². The lowest BCUT2D eigenvalue weighted by Crippen LogP contribution is -2.50. The molecule has 0 radical (unpaired) electrons. The summed E-state index contributed by atoms with van der Waals surface area (Å²) in [4.78, 5) is 27.3. The summed E-state index contributed by atoms with van der Waals surface area (Å²) < 4.78 is 5.69. The van der Waals surface area contributed by atoms with Gasteiger partial charge in [0.1, 0.15) is 5.60 Å². The second kappa shape index (κ2) is 7.53. The largest absolute Gasteiger partial charge is 0.458 e. The van der Waals surface area contributed by atoms with E-state index >= 15 is 0 Å². The topological polar surface area (TPSA) is 58.6 Å². The number of rotatable bonds is 3. The Morgan fingerprint density at radius 2 is 1.93 bits per heavy atom. The number of carbonyl (C=O) groups is 2. The molecule has 2 aliphatic heterocycles. The Morgan fingerprint density at radius 3 is 2.63 bits per heavy atom. The second-order valence-electron chi connectivity index (χ2n) is 8.47. The summed E-state index contributed by atoms with van der Waals surface area (Å²) in [6.07, 6.45) is 7.06. The Balaban J connectivity index is 1.34. The SMILES string of the molecule is Cc1cccc(N2CCC(NC(=O)[C@H]3CC(=O)OC34CCCCC4)CC2)c1. The van der Waals surface area contributed by atoms with Crippen molar-refractivity contribution in [1.82, 2.24) is 5.32 Å². The van der Waals surface area contributed by atoms with E-state index in [1.54, 1.807) is 0 Å². The molecule has 2 saturated heterocycles. The number of ether oxygens (including phenoxy) is 1. The molecule has 1 N–H and O–H groups in total. The molecule has 1 amide bonds. The first kappa shape index (κ1) is 18.3. The van der Waals surface area contributed by atoms with Crippen LogP contribution in [0.15, 0.2) is 24.3 Å². The predicted octanol–water partition coefficient (Wildman–Crippen LogP) is 3.35. The Labute approximate surface area is 161 Å². The molecule has 0 aromatic heterocycles. The molecule has 0 unspecified atom stereocenters. The minimum atomic E-state index is -0.526. The monoisotopic (exact) mass is 370 g/mol. The normalized spacial score (nSPS) is 25.4. The summed E-state index contributed by atoms with van der Waals surface area (Å²) in [5.74, 6) is -0.483. The zero-order chi connectivity index (χ0) is 18.9. The fourth-order valence-corrected chi connectivity index (χ4v) is 5.03. The maximum absolute atomic E-state index is 13.0. The van der Waals surface area contributed by atoms with Crippen LogP contribution in [0.1, 0.15) is 56.9 Å². The molecule has 27 heavy (non-hydrogen) atoms. The zero-order valence-corrected chi connectivity index (χ0v) is 16.2. The highest BCUT2D eigenvalue weighted by Crippen LogP contribution is 2.44. The van der Waals surface area contributed by atoms with Gasteiger partial charge in [0.2, 0.25) is 5.91 Å². The minimum Gasteiger partial charge on any atom is -0.458 e. The molecule has 146 valence electrons. The summed E-state index contributed by atoms with van der Waals surface area (Å²) in [5, 5.41) is 3.24. The Hall–Kier alpha value is -2.04. The number of benzene rings is 1. The molecular formula is C22H30N2O3. The van der Waals surface area contributed by atoms with Gasteiger partial charge in [-0.2, -0.15) is 0 Å². The van der Waals surface area contributed by atoms with Crippen molar-refractivity contribution >= 4 is 17.6 Å². The fraction of sp³-hybridized carbons (Fsp3) is 0.636. The molecule has 4 rings (SSSR count). The molecule has 1 aromatic rings. The van der Waals surface area contributed by atoms with Crippen molar-refractivity contribution in [2.75, 3.05) is 18.0 Å². The molecule has 5 heteroatoms. The van der Waals surface area contributed by atoms with Gasteiger partial charge in [-0.25, -0.2) is 0 Å². The van der Waals surface area contributed by atoms with Crippen LogP contribution in [0.5, 0.6) is 0 Å². The summed E-state index contributed by atoms with van der Waals surface area (Å²) in [6, 6.07) is 8.77. The third-order valence-electron chi connectivity index (χ3n) is 6.55. The van der Waals surface area contributed by atoms with Gasteiger partial charge in [0.25, 0.3) is 0 Å². The molecule has 2 heterocycles. The van der Waals surface area contributed by atoms with Crippen LogP contribution in [0, 0.1) is 12.8 Å². The van der Waals surface area contributed by atoms with Crippen LogP contribution in [0.2, 0.25) is 0 Å². The highest BCUT2D eigenvalue weighted by molar-refractivity contribution is 5.88. The molecule has 5 nitrogen and oxygen atoms in total. The molecule has 1 aliphatic carbocycles. The highest BCUT2D eigenvalue weighted by Gasteiger charge is 2.53. The van der Waals surface area contributed by atoms with E-state index in [4.69, 9.17) is 4.74 Å². The van der Waals surface area contributed by atoms with E-state index < -0.39 is 5.60 Å². The van der Waals surface area contributed by atoms with Crippen molar-refractivity contribution in [3.05, 3.63) is 29.8 Å². The van der Waals surface area contributed by atoms with E-state index in [1.807, 2.05) is 0 Å². The minimum absolute atomic E-state index is 0.0248. The van der Waals surface area contributed by atoms with Gasteiger partial charge < -0.3 is 15.0 Å². The number of amides is 1. The molecule has 1 spiro atoms. The van der Waals surface area contributed by atoms with Crippen molar-refractivity contribution in [1.29, 1.82) is 0 Å². The van der Waals surface area contributed by atoms with Gasteiger partial charge in [0.15, 0.2) is 0 Å². The smallest absolute Gasteiger partial charge is 0.307 e. The maximum Gasteiger partial charge on any atom is 0.307 e. The number of nitrogens with zero attached hydrogens (tertiary/aromatic N) is 1. The molecule has 3 aliphatic rings. The molecule has 1 aromatic carbocycles. The number of piperidine rings is 1. The van der Waals surface area contributed by atoms with Gasteiger partial charge >= 0.3 is 5.97 Å².